The summed E-state index contributed by atoms with van der Waals surface area (Å²) < 4.78 is 0. The monoisotopic (exact) mass is 342 g/mol. The Morgan fingerprint density at radius 2 is 1.62 bits per heavy atom. The number of aryl methyl sites for hydroxylation is 1. The third-order valence-electron chi connectivity index (χ3n) is 5.23. The molecule has 4 rings (SSSR count). The molecule has 0 aliphatic heterocycles. The Morgan fingerprint density at radius 1 is 0.885 bits per heavy atom. The molecule has 26 heavy (non-hydrogen) atoms. The zero-order valence-electron chi connectivity index (χ0n) is 15.6. The van der Waals surface area contributed by atoms with E-state index in [4.69, 9.17) is 4.98 Å². The van der Waals surface area contributed by atoms with Gasteiger partial charge in [0.15, 0.2) is 0 Å². The fourth-order valence-electron chi connectivity index (χ4n) is 3.68. The highest BCUT2D eigenvalue weighted by atomic mass is 14.9. The Kier molecular flexibility index (Phi) is 4.75. The van der Waals surface area contributed by atoms with Crippen molar-refractivity contribution in [2.75, 3.05) is 5.32 Å². The van der Waals surface area contributed by atoms with E-state index in [1.165, 1.54) is 40.9 Å². The number of hydrogen-bond acceptors (Lipinski definition) is 2. The lowest BCUT2D eigenvalue weighted by Crippen LogP contribution is -2.09. The van der Waals surface area contributed by atoms with Gasteiger partial charge in [-0.1, -0.05) is 56.3 Å². The van der Waals surface area contributed by atoms with Gasteiger partial charge in [0.2, 0.25) is 0 Å². The van der Waals surface area contributed by atoms with Crippen molar-refractivity contribution in [3.8, 4) is 11.3 Å². The van der Waals surface area contributed by atoms with E-state index < -0.39 is 0 Å². The Bertz CT molecular complexity index is 880. The van der Waals surface area contributed by atoms with Gasteiger partial charge in [-0.15, -0.1) is 0 Å². The average molecular weight is 342 g/mol. The fourth-order valence-corrected chi connectivity index (χ4v) is 3.68. The van der Waals surface area contributed by atoms with Crippen LogP contribution in [-0.4, -0.2) is 4.98 Å². The molecule has 0 saturated carbocycles. The highest BCUT2D eigenvalue weighted by molar-refractivity contribution is 5.71. The topological polar surface area (TPSA) is 24.9 Å². The van der Waals surface area contributed by atoms with Gasteiger partial charge in [0.25, 0.3) is 0 Å². The fraction of sp³-hybridized carbons (Fsp3) is 0.292. The number of pyridine rings is 1. The summed E-state index contributed by atoms with van der Waals surface area (Å²) in [6.45, 7) is 4.46. The molecule has 2 heteroatoms. The van der Waals surface area contributed by atoms with Gasteiger partial charge in [0, 0.05) is 22.6 Å². The summed E-state index contributed by atoms with van der Waals surface area (Å²) in [4.78, 5) is 4.98. The molecule has 0 saturated heterocycles. The van der Waals surface area contributed by atoms with Crippen LogP contribution in [0.2, 0.25) is 0 Å². The average Bonchev–Trinajstić information content (AvgIpc) is 2.69. The van der Waals surface area contributed by atoms with E-state index >= 15 is 0 Å². The molecule has 2 nitrogen and oxygen atoms in total. The summed E-state index contributed by atoms with van der Waals surface area (Å²) in [7, 11) is 0. The quantitative estimate of drug-likeness (QED) is 0.586. The highest BCUT2D eigenvalue weighted by Gasteiger charge is 2.17. The normalized spacial score (nSPS) is 13.5. The molecule has 132 valence electrons. The van der Waals surface area contributed by atoms with Crippen LogP contribution in [0.5, 0.6) is 0 Å². The van der Waals surface area contributed by atoms with Gasteiger partial charge in [0.05, 0.1) is 5.69 Å². The maximum atomic E-state index is 4.98. The summed E-state index contributed by atoms with van der Waals surface area (Å²) in [5.74, 6) is 0.558. The largest absolute Gasteiger partial charge is 0.355 e. The molecule has 0 radical (unpaired) electrons. The molecule has 3 aromatic rings. The molecule has 0 unspecified atom stereocenters. The van der Waals surface area contributed by atoms with Gasteiger partial charge in [-0.25, -0.2) is 0 Å². The molecule has 1 aliphatic rings. The van der Waals surface area contributed by atoms with Gasteiger partial charge in [-0.05, 0) is 60.9 Å². The van der Waals surface area contributed by atoms with Crippen LogP contribution in [-0.2, 0) is 12.8 Å². The van der Waals surface area contributed by atoms with Crippen molar-refractivity contribution in [3.63, 3.8) is 0 Å². The van der Waals surface area contributed by atoms with Crippen LogP contribution in [0.1, 0.15) is 49.4 Å². The SMILES string of the molecule is CC(C)c1ccc(Nc2cc(-c3ccccc3)nc3c2CCCC3)cc1. The van der Waals surface area contributed by atoms with Crippen molar-refractivity contribution < 1.29 is 0 Å². The lowest BCUT2D eigenvalue weighted by Gasteiger charge is -2.21. The van der Waals surface area contributed by atoms with Gasteiger partial charge < -0.3 is 5.32 Å². The van der Waals surface area contributed by atoms with Crippen molar-refractivity contribution in [1.82, 2.24) is 4.98 Å². The standard InChI is InChI=1S/C24H26N2/c1-17(2)18-12-14-20(15-13-18)25-24-16-23(19-8-4-3-5-9-19)26-22-11-7-6-10-21(22)24/h3-5,8-9,12-17H,6-7,10-11H2,1-2H3,(H,25,26). The number of nitrogens with zero attached hydrogens (tertiary/aromatic N) is 1. The zero-order chi connectivity index (χ0) is 17.9. The summed E-state index contributed by atoms with van der Waals surface area (Å²) in [5, 5.41) is 3.67. The predicted molar refractivity (Wildman–Crippen MR) is 110 cm³/mol. The third kappa shape index (κ3) is 3.50. The van der Waals surface area contributed by atoms with Gasteiger partial charge in [0.1, 0.15) is 0 Å². The van der Waals surface area contributed by atoms with Gasteiger partial charge >= 0.3 is 0 Å². The highest BCUT2D eigenvalue weighted by Crippen LogP contribution is 2.33. The van der Waals surface area contributed by atoms with E-state index in [0.29, 0.717) is 5.92 Å². The van der Waals surface area contributed by atoms with Crippen molar-refractivity contribution in [2.24, 2.45) is 0 Å². The Balaban J connectivity index is 1.72. The van der Waals surface area contributed by atoms with Crippen LogP contribution in [0, 0.1) is 0 Å². The van der Waals surface area contributed by atoms with Crippen LogP contribution >= 0.6 is 0 Å². The molecule has 1 aromatic heterocycles. The van der Waals surface area contributed by atoms with Crippen LogP contribution in [0.25, 0.3) is 11.3 Å². The summed E-state index contributed by atoms with van der Waals surface area (Å²) in [6, 6.07) is 21.5. The first-order chi connectivity index (χ1) is 12.7. The van der Waals surface area contributed by atoms with E-state index in [0.717, 1.165) is 24.2 Å². The Morgan fingerprint density at radius 3 is 2.35 bits per heavy atom. The van der Waals surface area contributed by atoms with E-state index in [2.05, 4.69) is 79.8 Å². The van der Waals surface area contributed by atoms with Crippen LogP contribution in [0.3, 0.4) is 0 Å². The maximum Gasteiger partial charge on any atom is 0.0726 e. The second-order valence-corrected chi connectivity index (χ2v) is 7.46. The number of anilines is 2. The smallest absolute Gasteiger partial charge is 0.0726 e. The van der Waals surface area contributed by atoms with Crippen molar-refractivity contribution in [1.29, 1.82) is 0 Å². The minimum Gasteiger partial charge on any atom is -0.355 e. The second-order valence-electron chi connectivity index (χ2n) is 7.46. The van der Waals surface area contributed by atoms with E-state index in [1.807, 2.05) is 0 Å². The van der Waals surface area contributed by atoms with Crippen molar-refractivity contribution >= 4 is 11.4 Å². The molecule has 0 amide bonds. The summed E-state index contributed by atoms with van der Waals surface area (Å²) in [6.07, 6.45) is 4.68. The lowest BCUT2D eigenvalue weighted by atomic mass is 9.93. The minimum atomic E-state index is 0.558. The van der Waals surface area contributed by atoms with Gasteiger partial charge in [-0.2, -0.15) is 0 Å². The summed E-state index contributed by atoms with van der Waals surface area (Å²) >= 11 is 0. The molecule has 0 bridgehead atoms. The Labute approximate surface area is 156 Å². The van der Waals surface area contributed by atoms with Crippen LogP contribution in [0.4, 0.5) is 11.4 Å². The van der Waals surface area contributed by atoms with Crippen LogP contribution in [0.15, 0.2) is 60.7 Å². The number of fused-ring (bicyclic) bond motifs is 1. The summed E-state index contributed by atoms with van der Waals surface area (Å²) in [5.41, 5.74) is 8.63. The molecule has 0 spiro atoms. The number of hydrogen-bond donors (Lipinski definition) is 1. The van der Waals surface area contributed by atoms with Crippen LogP contribution < -0.4 is 5.32 Å². The third-order valence-corrected chi connectivity index (χ3v) is 5.23. The van der Waals surface area contributed by atoms with E-state index in [-0.39, 0.29) is 0 Å². The predicted octanol–water partition coefficient (Wildman–Crippen LogP) is 6.49. The maximum absolute atomic E-state index is 4.98. The molecule has 1 N–H and O–H groups in total. The van der Waals surface area contributed by atoms with Gasteiger partial charge in [-0.3, -0.25) is 4.98 Å². The molecule has 0 fully saturated rings. The molecular weight excluding hydrogens is 316 g/mol. The van der Waals surface area contributed by atoms with E-state index in [1.54, 1.807) is 0 Å². The first-order valence-electron chi connectivity index (χ1n) is 9.66. The van der Waals surface area contributed by atoms with E-state index in [9.17, 15) is 0 Å². The minimum absolute atomic E-state index is 0.558. The molecular formula is C24H26N2. The molecule has 2 aromatic carbocycles. The number of nitrogens with one attached hydrogen (secondary N) is 1. The molecule has 1 aliphatic carbocycles. The number of benzene rings is 2. The molecule has 0 atom stereocenters. The molecule has 1 heterocycles. The first kappa shape index (κ1) is 16.8. The van der Waals surface area contributed by atoms with Crippen molar-refractivity contribution in [2.45, 2.75) is 45.4 Å². The number of aromatic nitrogens is 1. The Hall–Kier alpha value is -2.61. The van der Waals surface area contributed by atoms with Crippen molar-refractivity contribution in [3.05, 3.63) is 77.5 Å². The second kappa shape index (κ2) is 7.33. The lowest BCUT2D eigenvalue weighted by molar-refractivity contribution is 0.670. The zero-order valence-corrected chi connectivity index (χ0v) is 15.6. The first-order valence-corrected chi connectivity index (χ1v) is 9.66. The number of rotatable bonds is 4.